The molecule has 1 aromatic carbocycles. The fraction of sp³-hybridized carbons (Fsp3) is 0.556. The summed E-state index contributed by atoms with van der Waals surface area (Å²) in [5, 5.41) is 9.60. The topological polar surface area (TPSA) is 66.8 Å². The normalized spacial score (nSPS) is 18.6. The minimum absolute atomic E-state index is 0.254. The number of benzene rings is 1. The van der Waals surface area contributed by atoms with Gasteiger partial charge in [-0.25, -0.2) is 4.79 Å². The lowest BCUT2D eigenvalue weighted by Gasteiger charge is -2.36. The molecule has 0 bridgehead atoms. The standard InChI is InChI=1S/C18H25NO4/c1-12(2)9-11-23-13(3)17(20)19-10-8-14-6-4-5-7-15(14)16(19)18(21)22/h4-7,12-13,16H,8-11H2,1-3H3,(H,21,22). The summed E-state index contributed by atoms with van der Waals surface area (Å²) < 4.78 is 5.60. The van der Waals surface area contributed by atoms with Crippen molar-refractivity contribution >= 4 is 11.9 Å². The molecule has 2 atom stereocenters. The number of nitrogens with zero attached hydrogens (tertiary/aromatic N) is 1. The quantitative estimate of drug-likeness (QED) is 0.875. The highest BCUT2D eigenvalue weighted by molar-refractivity contribution is 5.87. The lowest BCUT2D eigenvalue weighted by atomic mass is 9.92. The second kappa shape index (κ2) is 7.59. The van der Waals surface area contributed by atoms with Gasteiger partial charge in [-0.15, -0.1) is 0 Å². The summed E-state index contributed by atoms with van der Waals surface area (Å²) in [6, 6.07) is 6.50. The van der Waals surface area contributed by atoms with Crippen molar-refractivity contribution in [1.29, 1.82) is 0 Å². The van der Waals surface area contributed by atoms with Gasteiger partial charge in [-0.1, -0.05) is 38.1 Å². The molecule has 1 aliphatic rings. The van der Waals surface area contributed by atoms with Crippen LogP contribution in [0.15, 0.2) is 24.3 Å². The average Bonchev–Trinajstić information content (AvgIpc) is 2.52. The first kappa shape index (κ1) is 17.5. The number of hydrogen-bond acceptors (Lipinski definition) is 3. The number of carbonyl (C=O) groups is 2. The number of carbonyl (C=O) groups excluding carboxylic acids is 1. The van der Waals surface area contributed by atoms with E-state index in [1.54, 1.807) is 13.0 Å². The van der Waals surface area contributed by atoms with Crippen molar-refractivity contribution in [2.75, 3.05) is 13.2 Å². The summed E-state index contributed by atoms with van der Waals surface area (Å²) in [4.78, 5) is 25.8. The fourth-order valence-corrected chi connectivity index (χ4v) is 2.86. The molecule has 5 heteroatoms. The molecule has 0 radical (unpaired) electrons. The van der Waals surface area contributed by atoms with Gasteiger partial charge < -0.3 is 14.7 Å². The van der Waals surface area contributed by atoms with Gasteiger partial charge in [0.05, 0.1) is 0 Å². The Kier molecular flexibility index (Phi) is 5.77. The molecule has 2 unspecified atom stereocenters. The number of fused-ring (bicyclic) bond motifs is 1. The molecule has 0 spiro atoms. The Hall–Kier alpha value is -1.88. The third kappa shape index (κ3) is 4.10. The summed E-state index contributed by atoms with van der Waals surface area (Å²) in [5.41, 5.74) is 1.70. The Morgan fingerprint density at radius 1 is 1.30 bits per heavy atom. The van der Waals surface area contributed by atoms with E-state index in [2.05, 4.69) is 13.8 Å². The summed E-state index contributed by atoms with van der Waals surface area (Å²) in [7, 11) is 0. The van der Waals surface area contributed by atoms with Gasteiger partial charge in [0.2, 0.25) is 0 Å². The van der Waals surface area contributed by atoms with Crippen molar-refractivity contribution in [2.24, 2.45) is 5.92 Å². The number of ether oxygens (including phenoxy) is 1. The van der Waals surface area contributed by atoms with Gasteiger partial charge in [-0.05, 0) is 36.8 Å². The molecular weight excluding hydrogens is 294 g/mol. The van der Waals surface area contributed by atoms with Gasteiger partial charge in [0.1, 0.15) is 6.10 Å². The van der Waals surface area contributed by atoms with E-state index in [9.17, 15) is 14.7 Å². The lowest BCUT2D eigenvalue weighted by Crippen LogP contribution is -2.47. The minimum atomic E-state index is -1.00. The summed E-state index contributed by atoms with van der Waals surface area (Å²) in [6.07, 6.45) is 0.925. The molecule has 2 rings (SSSR count). The van der Waals surface area contributed by atoms with Crippen LogP contribution >= 0.6 is 0 Å². The monoisotopic (exact) mass is 319 g/mol. The SMILES string of the molecule is CC(C)CCOC(C)C(=O)N1CCc2ccccc2C1C(=O)O. The van der Waals surface area contributed by atoms with Gasteiger partial charge in [-0.2, -0.15) is 0 Å². The van der Waals surface area contributed by atoms with E-state index in [4.69, 9.17) is 4.74 Å². The van der Waals surface area contributed by atoms with Crippen molar-refractivity contribution in [1.82, 2.24) is 4.90 Å². The third-order valence-corrected chi connectivity index (χ3v) is 4.21. The first-order valence-electron chi connectivity index (χ1n) is 8.14. The van der Waals surface area contributed by atoms with Crippen molar-refractivity contribution in [2.45, 2.75) is 45.8 Å². The van der Waals surface area contributed by atoms with Gasteiger partial charge in [0.25, 0.3) is 5.91 Å². The Morgan fingerprint density at radius 2 is 2.00 bits per heavy atom. The fourth-order valence-electron chi connectivity index (χ4n) is 2.86. The number of aliphatic carboxylic acids is 1. The smallest absolute Gasteiger partial charge is 0.331 e. The third-order valence-electron chi connectivity index (χ3n) is 4.21. The molecule has 0 saturated heterocycles. The maximum Gasteiger partial charge on any atom is 0.331 e. The number of rotatable bonds is 6. The zero-order valence-electron chi connectivity index (χ0n) is 14.0. The molecule has 0 fully saturated rings. The predicted octanol–water partition coefficient (Wildman–Crippen LogP) is 2.65. The van der Waals surface area contributed by atoms with Crippen LogP contribution in [0.2, 0.25) is 0 Å². The van der Waals surface area contributed by atoms with E-state index in [1.807, 2.05) is 18.2 Å². The molecule has 0 aliphatic carbocycles. The molecule has 0 aromatic heterocycles. The molecule has 1 amide bonds. The van der Waals surface area contributed by atoms with E-state index < -0.39 is 18.1 Å². The predicted molar refractivity (Wildman–Crippen MR) is 87.1 cm³/mol. The van der Waals surface area contributed by atoms with E-state index in [0.29, 0.717) is 31.1 Å². The Bertz CT molecular complexity index is 570. The Labute approximate surface area is 137 Å². The number of carboxylic acids is 1. The van der Waals surface area contributed by atoms with Crippen LogP contribution in [0.25, 0.3) is 0 Å². The van der Waals surface area contributed by atoms with Crippen LogP contribution in [-0.4, -0.2) is 41.1 Å². The van der Waals surface area contributed by atoms with E-state index in [1.165, 1.54) is 4.90 Å². The molecule has 1 aromatic rings. The number of carboxylic acid groups (broad SMARTS) is 1. The maximum atomic E-state index is 12.6. The zero-order chi connectivity index (χ0) is 17.0. The van der Waals surface area contributed by atoms with E-state index >= 15 is 0 Å². The zero-order valence-corrected chi connectivity index (χ0v) is 14.0. The van der Waals surface area contributed by atoms with Crippen LogP contribution in [0, 0.1) is 5.92 Å². The highest BCUT2D eigenvalue weighted by atomic mass is 16.5. The van der Waals surface area contributed by atoms with Gasteiger partial charge in [0, 0.05) is 13.2 Å². The van der Waals surface area contributed by atoms with Crippen molar-refractivity contribution < 1.29 is 19.4 Å². The Balaban J connectivity index is 2.12. The van der Waals surface area contributed by atoms with Crippen LogP contribution in [0.4, 0.5) is 0 Å². The second-order valence-corrected chi connectivity index (χ2v) is 6.42. The molecule has 1 heterocycles. The minimum Gasteiger partial charge on any atom is -0.479 e. The number of amides is 1. The van der Waals surface area contributed by atoms with Crippen molar-refractivity contribution in [3.8, 4) is 0 Å². The van der Waals surface area contributed by atoms with Crippen LogP contribution in [0.3, 0.4) is 0 Å². The maximum absolute atomic E-state index is 12.6. The van der Waals surface area contributed by atoms with Crippen LogP contribution in [0.5, 0.6) is 0 Å². The summed E-state index contributed by atoms with van der Waals surface area (Å²) in [5.74, 6) is -0.749. The summed E-state index contributed by atoms with van der Waals surface area (Å²) in [6.45, 7) is 6.80. The van der Waals surface area contributed by atoms with Crippen LogP contribution in [-0.2, 0) is 20.7 Å². The second-order valence-electron chi connectivity index (χ2n) is 6.42. The first-order valence-corrected chi connectivity index (χ1v) is 8.14. The van der Waals surface area contributed by atoms with Gasteiger partial charge >= 0.3 is 5.97 Å². The molecule has 1 N–H and O–H groups in total. The van der Waals surface area contributed by atoms with Gasteiger partial charge in [-0.3, -0.25) is 4.79 Å². The Morgan fingerprint density at radius 3 is 2.65 bits per heavy atom. The highest BCUT2D eigenvalue weighted by Crippen LogP contribution is 2.30. The summed E-state index contributed by atoms with van der Waals surface area (Å²) >= 11 is 0. The molecule has 1 aliphatic heterocycles. The van der Waals surface area contributed by atoms with Crippen LogP contribution in [0.1, 0.15) is 44.4 Å². The van der Waals surface area contributed by atoms with Crippen molar-refractivity contribution in [3.63, 3.8) is 0 Å². The molecule has 126 valence electrons. The van der Waals surface area contributed by atoms with Crippen LogP contribution < -0.4 is 0 Å². The van der Waals surface area contributed by atoms with Crippen molar-refractivity contribution in [3.05, 3.63) is 35.4 Å². The molecular formula is C18H25NO4. The first-order chi connectivity index (χ1) is 10.9. The average molecular weight is 319 g/mol. The molecule has 23 heavy (non-hydrogen) atoms. The largest absolute Gasteiger partial charge is 0.479 e. The van der Waals surface area contributed by atoms with E-state index in [-0.39, 0.29) is 5.91 Å². The van der Waals surface area contributed by atoms with E-state index in [0.717, 1.165) is 12.0 Å². The van der Waals surface area contributed by atoms with Gasteiger partial charge in [0.15, 0.2) is 6.04 Å². The molecule has 0 saturated carbocycles. The molecule has 5 nitrogen and oxygen atoms in total. The number of hydrogen-bond donors (Lipinski definition) is 1. The highest BCUT2D eigenvalue weighted by Gasteiger charge is 2.37. The lowest BCUT2D eigenvalue weighted by molar-refractivity contribution is -0.156.